The molecule has 1 unspecified atom stereocenters. The first-order valence-corrected chi connectivity index (χ1v) is 7.34. The Morgan fingerprint density at radius 2 is 2.04 bits per heavy atom. The molecular formula is C16H18F3N3O2. The summed E-state index contributed by atoms with van der Waals surface area (Å²) in [5.74, 6) is 0.170. The number of nitrogens with zero attached hydrogens (tertiary/aromatic N) is 2. The van der Waals surface area contributed by atoms with Gasteiger partial charge < -0.3 is 14.6 Å². The molecule has 0 spiro atoms. The van der Waals surface area contributed by atoms with Crippen molar-refractivity contribution in [3.8, 4) is 0 Å². The third-order valence-electron chi connectivity index (χ3n) is 3.37. The third kappa shape index (κ3) is 5.09. The van der Waals surface area contributed by atoms with Gasteiger partial charge in [0.2, 0.25) is 5.91 Å². The van der Waals surface area contributed by atoms with Crippen molar-refractivity contribution in [2.75, 3.05) is 13.2 Å². The highest BCUT2D eigenvalue weighted by Gasteiger charge is 2.42. The smallest absolute Gasteiger partial charge is 0.354 e. The zero-order valence-corrected chi connectivity index (χ0v) is 13.1. The molecule has 1 N–H and O–H groups in total. The zero-order valence-electron chi connectivity index (χ0n) is 13.1. The van der Waals surface area contributed by atoms with Crippen molar-refractivity contribution in [3.63, 3.8) is 0 Å². The Kier molecular flexibility index (Phi) is 5.97. The molecular weight excluding hydrogens is 323 g/mol. The number of ether oxygens (including phenoxy) is 1. The molecule has 8 heteroatoms. The number of hydrogen-bond acceptors (Lipinski definition) is 3. The van der Waals surface area contributed by atoms with E-state index in [1.54, 1.807) is 23.0 Å². The van der Waals surface area contributed by atoms with E-state index in [0.717, 1.165) is 5.82 Å². The van der Waals surface area contributed by atoms with Gasteiger partial charge in [-0.05, 0) is 5.56 Å². The van der Waals surface area contributed by atoms with Gasteiger partial charge in [0.25, 0.3) is 0 Å². The van der Waals surface area contributed by atoms with Crippen molar-refractivity contribution in [1.29, 1.82) is 0 Å². The Labute approximate surface area is 137 Å². The number of aromatic nitrogens is 2. The van der Waals surface area contributed by atoms with Crippen molar-refractivity contribution in [1.82, 2.24) is 14.9 Å². The molecule has 1 aromatic heterocycles. The fourth-order valence-corrected chi connectivity index (χ4v) is 2.17. The number of amides is 1. The number of hydrogen-bond donors (Lipinski definition) is 1. The Balaban J connectivity index is 1.83. The van der Waals surface area contributed by atoms with E-state index in [1.807, 2.05) is 7.05 Å². The second-order valence-electron chi connectivity index (χ2n) is 5.20. The Hall–Kier alpha value is -2.35. The lowest BCUT2D eigenvalue weighted by atomic mass is 10.1. The molecule has 130 valence electrons. The predicted molar refractivity (Wildman–Crippen MR) is 81.1 cm³/mol. The highest BCUT2D eigenvalue weighted by Crippen LogP contribution is 2.35. The van der Waals surface area contributed by atoms with Crippen molar-refractivity contribution >= 4 is 5.91 Å². The van der Waals surface area contributed by atoms with Gasteiger partial charge in [0.05, 0.1) is 0 Å². The molecule has 2 rings (SSSR count). The van der Waals surface area contributed by atoms with E-state index in [1.165, 1.54) is 24.3 Å². The summed E-state index contributed by atoms with van der Waals surface area (Å²) in [5.41, 5.74) is -0.0363. The molecule has 24 heavy (non-hydrogen) atoms. The predicted octanol–water partition coefficient (Wildman–Crippen LogP) is 2.40. The van der Waals surface area contributed by atoms with Crippen LogP contribution in [0.4, 0.5) is 13.2 Å². The molecule has 0 saturated heterocycles. The molecule has 0 aliphatic rings. The van der Waals surface area contributed by atoms with Gasteiger partial charge in [-0.3, -0.25) is 4.79 Å². The van der Waals surface area contributed by atoms with Gasteiger partial charge in [-0.1, -0.05) is 30.3 Å². The summed E-state index contributed by atoms with van der Waals surface area (Å²) in [6.07, 6.45) is -2.83. The minimum Gasteiger partial charge on any atom is -0.354 e. The number of aryl methyl sites for hydroxylation is 1. The van der Waals surface area contributed by atoms with Crippen LogP contribution in [0, 0.1) is 0 Å². The molecule has 2 aromatic rings. The van der Waals surface area contributed by atoms with Gasteiger partial charge in [0.1, 0.15) is 12.4 Å². The van der Waals surface area contributed by atoms with E-state index >= 15 is 0 Å². The van der Waals surface area contributed by atoms with Crippen molar-refractivity contribution < 1.29 is 22.7 Å². The molecule has 1 atom stereocenters. The van der Waals surface area contributed by atoms with Crippen LogP contribution in [0.25, 0.3) is 0 Å². The lowest BCUT2D eigenvalue weighted by molar-refractivity contribution is -0.223. The molecule has 0 radical (unpaired) electrons. The molecule has 1 heterocycles. The van der Waals surface area contributed by atoms with Crippen LogP contribution in [-0.4, -0.2) is 34.8 Å². The largest absolute Gasteiger partial charge is 0.418 e. The Bertz CT molecular complexity index is 656. The maximum Gasteiger partial charge on any atom is 0.418 e. The van der Waals surface area contributed by atoms with Crippen LogP contribution in [0.3, 0.4) is 0 Å². The fourth-order valence-electron chi connectivity index (χ4n) is 2.17. The molecule has 1 amide bonds. The normalized spacial score (nSPS) is 12.8. The first-order valence-electron chi connectivity index (χ1n) is 7.34. The molecule has 1 aromatic carbocycles. The molecule has 0 aliphatic carbocycles. The van der Waals surface area contributed by atoms with Crippen LogP contribution in [0.5, 0.6) is 0 Å². The van der Waals surface area contributed by atoms with E-state index in [4.69, 9.17) is 4.74 Å². The number of alkyl halides is 3. The van der Waals surface area contributed by atoms with Gasteiger partial charge in [0, 0.05) is 32.4 Å². The lowest BCUT2D eigenvalue weighted by Gasteiger charge is -2.21. The first kappa shape index (κ1) is 18.0. The summed E-state index contributed by atoms with van der Waals surface area (Å²) in [6.45, 7) is -0.394. The topological polar surface area (TPSA) is 56.2 Å². The zero-order chi connectivity index (χ0) is 17.6. The van der Waals surface area contributed by atoms with E-state index in [2.05, 4.69) is 10.3 Å². The Morgan fingerprint density at radius 3 is 2.62 bits per heavy atom. The summed E-state index contributed by atoms with van der Waals surface area (Å²) >= 11 is 0. The molecule has 0 fully saturated rings. The van der Waals surface area contributed by atoms with E-state index < -0.39 is 24.8 Å². The van der Waals surface area contributed by atoms with E-state index in [9.17, 15) is 18.0 Å². The summed E-state index contributed by atoms with van der Waals surface area (Å²) in [6, 6.07) is 7.23. The second kappa shape index (κ2) is 7.96. The van der Waals surface area contributed by atoms with Crippen LogP contribution >= 0.6 is 0 Å². The highest BCUT2D eigenvalue weighted by atomic mass is 19.4. The molecule has 0 saturated carbocycles. The van der Waals surface area contributed by atoms with Gasteiger partial charge >= 0.3 is 6.18 Å². The molecule has 0 bridgehead atoms. The minimum absolute atomic E-state index is 0.0363. The maximum atomic E-state index is 13.1. The third-order valence-corrected chi connectivity index (χ3v) is 3.37. The van der Waals surface area contributed by atoms with E-state index in [-0.39, 0.29) is 12.1 Å². The fraction of sp³-hybridized carbons (Fsp3) is 0.375. The molecule has 5 nitrogen and oxygen atoms in total. The average molecular weight is 341 g/mol. The monoisotopic (exact) mass is 341 g/mol. The minimum atomic E-state index is -4.59. The van der Waals surface area contributed by atoms with Gasteiger partial charge in [-0.25, -0.2) is 4.98 Å². The number of carbonyl (C=O) groups excluding carboxylic acids is 1. The molecule has 0 aliphatic heterocycles. The van der Waals surface area contributed by atoms with Crippen molar-refractivity contribution in [3.05, 3.63) is 54.1 Å². The van der Waals surface area contributed by atoms with Gasteiger partial charge in [-0.2, -0.15) is 13.2 Å². The number of rotatable bonds is 7. The summed E-state index contributed by atoms with van der Waals surface area (Å²) in [7, 11) is 1.82. The summed E-state index contributed by atoms with van der Waals surface area (Å²) in [4.78, 5) is 15.8. The number of benzene rings is 1. The van der Waals surface area contributed by atoms with Crippen molar-refractivity contribution in [2.24, 2.45) is 7.05 Å². The van der Waals surface area contributed by atoms with Crippen LogP contribution in [0.15, 0.2) is 42.7 Å². The van der Waals surface area contributed by atoms with Crippen LogP contribution in [0.2, 0.25) is 0 Å². The maximum absolute atomic E-state index is 13.1. The number of imidazole rings is 1. The van der Waals surface area contributed by atoms with Crippen molar-refractivity contribution in [2.45, 2.75) is 18.7 Å². The quantitative estimate of drug-likeness (QED) is 0.841. The number of carbonyl (C=O) groups is 1. The second-order valence-corrected chi connectivity index (χ2v) is 5.20. The van der Waals surface area contributed by atoms with Gasteiger partial charge in [0.15, 0.2) is 6.10 Å². The average Bonchev–Trinajstić information content (AvgIpc) is 2.92. The summed E-state index contributed by atoms with van der Waals surface area (Å²) < 4.78 is 45.8. The van der Waals surface area contributed by atoms with Crippen LogP contribution in [0.1, 0.15) is 17.5 Å². The van der Waals surface area contributed by atoms with E-state index in [0.29, 0.717) is 6.42 Å². The highest BCUT2D eigenvalue weighted by molar-refractivity contribution is 5.77. The standard InChI is InChI=1S/C16H18F3N3O2/c1-22-10-9-20-13(22)7-8-21-14(23)11-24-15(16(17,18)19)12-5-3-2-4-6-12/h2-6,9-10,15H,7-8,11H2,1H3,(H,21,23). The van der Waals surface area contributed by atoms with Crippen LogP contribution < -0.4 is 5.32 Å². The van der Waals surface area contributed by atoms with Crippen LogP contribution in [-0.2, 0) is 23.0 Å². The van der Waals surface area contributed by atoms with Gasteiger partial charge in [-0.15, -0.1) is 0 Å². The lowest BCUT2D eigenvalue weighted by Crippen LogP contribution is -2.33. The number of halogens is 3. The number of nitrogens with one attached hydrogen (secondary N) is 1. The SMILES string of the molecule is Cn1ccnc1CCNC(=O)COC(c1ccccc1)C(F)(F)F. The summed E-state index contributed by atoms with van der Waals surface area (Å²) in [5, 5.41) is 2.52. The first-order chi connectivity index (χ1) is 11.4. The Morgan fingerprint density at radius 1 is 1.33 bits per heavy atom.